The number of benzene rings is 2. The van der Waals surface area contributed by atoms with Gasteiger partial charge in [-0.05, 0) is 55.3 Å². The van der Waals surface area contributed by atoms with E-state index < -0.39 is 0 Å². The summed E-state index contributed by atoms with van der Waals surface area (Å²) in [5.41, 5.74) is 5.41. The van der Waals surface area contributed by atoms with Crippen LogP contribution < -0.4 is 16.0 Å². The van der Waals surface area contributed by atoms with E-state index in [4.69, 9.17) is 0 Å². The molecule has 0 radical (unpaired) electrons. The van der Waals surface area contributed by atoms with E-state index in [1.165, 1.54) is 16.7 Å². The highest BCUT2D eigenvalue weighted by Crippen LogP contribution is 2.19. The molecule has 1 heterocycles. The highest BCUT2D eigenvalue weighted by atomic mass is 35.5. The SMILES string of the molecule is Cc1ccc(NC(=O)Nc2ccc3c(c2)CCNC3)cc1.Cl. The van der Waals surface area contributed by atoms with Crippen LogP contribution in [0.25, 0.3) is 0 Å². The number of anilines is 2. The smallest absolute Gasteiger partial charge is 0.312 e. The van der Waals surface area contributed by atoms with Crippen LogP contribution in [0, 0.1) is 6.92 Å². The highest BCUT2D eigenvalue weighted by molar-refractivity contribution is 5.99. The van der Waals surface area contributed by atoms with Crippen molar-refractivity contribution < 1.29 is 4.79 Å². The molecule has 0 aliphatic carbocycles. The van der Waals surface area contributed by atoms with E-state index in [0.717, 1.165) is 30.9 Å². The Kier molecular flexibility index (Phi) is 5.41. The number of hydrogen-bond acceptors (Lipinski definition) is 2. The van der Waals surface area contributed by atoms with Crippen molar-refractivity contribution in [3.8, 4) is 0 Å². The third-order valence-corrected chi connectivity index (χ3v) is 3.66. The van der Waals surface area contributed by atoms with Crippen molar-refractivity contribution in [3.05, 3.63) is 59.2 Å². The van der Waals surface area contributed by atoms with Crippen molar-refractivity contribution >= 4 is 29.8 Å². The molecule has 0 aromatic heterocycles. The fourth-order valence-corrected chi connectivity index (χ4v) is 2.49. The molecule has 0 atom stereocenters. The monoisotopic (exact) mass is 317 g/mol. The molecule has 5 heteroatoms. The predicted octanol–water partition coefficient (Wildman–Crippen LogP) is 3.71. The molecule has 1 aliphatic heterocycles. The first-order valence-electron chi connectivity index (χ1n) is 7.18. The minimum Gasteiger partial charge on any atom is -0.312 e. The van der Waals surface area contributed by atoms with Crippen LogP contribution in [0.15, 0.2) is 42.5 Å². The van der Waals surface area contributed by atoms with E-state index in [2.05, 4.69) is 28.1 Å². The molecule has 2 amide bonds. The summed E-state index contributed by atoms with van der Waals surface area (Å²) in [5, 5.41) is 9.06. The Bertz CT molecular complexity index is 655. The molecular weight excluding hydrogens is 298 g/mol. The van der Waals surface area contributed by atoms with Crippen molar-refractivity contribution in [1.82, 2.24) is 5.32 Å². The van der Waals surface area contributed by atoms with Crippen molar-refractivity contribution in [2.24, 2.45) is 0 Å². The molecule has 0 spiro atoms. The fourth-order valence-electron chi connectivity index (χ4n) is 2.49. The third kappa shape index (κ3) is 4.00. The quantitative estimate of drug-likeness (QED) is 0.791. The zero-order valence-corrected chi connectivity index (χ0v) is 13.3. The number of hydrogen-bond donors (Lipinski definition) is 3. The van der Waals surface area contributed by atoms with Crippen LogP contribution >= 0.6 is 12.4 Å². The summed E-state index contributed by atoms with van der Waals surface area (Å²) in [5.74, 6) is 0. The maximum Gasteiger partial charge on any atom is 0.323 e. The number of amides is 2. The molecule has 2 aromatic rings. The zero-order valence-electron chi connectivity index (χ0n) is 12.5. The van der Waals surface area contributed by atoms with Gasteiger partial charge in [-0.15, -0.1) is 12.4 Å². The molecule has 0 saturated heterocycles. The number of rotatable bonds is 2. The molecule has 0 saturated carbocycles. The lowest BCUT2D eigenvalue weighted by Gasteiger charge is -2.18. The topological polar surface area (TPSA) is 53.2 Å². The summed E-state index contributed by atoms with van der Waals surface area (Å²) < 4.78 is 0. The Morgan fingerprint density at radius 2 is 1.68 bits per heavy atom. The van der Waals surface area contributed by atoms with Crippen molar-refractivity contribution in [1.29, 1.82) is 0 Å². The van der Waals surface area contributed by atoms with Gasteiger partial charge in [-0.2, -0.15) is 0 Å². The second-order valence-corrected chi connectivity index (χ2v) is 5.36. The second kappa shape index (κ2) is 7.29. The summed E-state index contributed by atoms with van der Waals surface area (Å²) in [4.78, 5) is 12.0. The van der Waals surface area contributed by atoms with E-state index in [-0.39, 0.29) is 18.4 Å². The molecule has 0 fully saturated rings. The van der Waals surface area contributed by atoms with E-state index in [1.807, 2.05) is 37.3 Å². The summed E-state index contributed by atoms with van der Waals surface area (Å²) in [6.45, 7) is 3.92. The van der Waals surface area contributed by atoms with Gasteiger partial charge in [0.2, 0.25) is 0 Å². The van der Waals surface area contributed by atoms with E-state index in [0.29, 0.717) is 0 Å². The molecule has 2 aromatic carbocycles. The fraction of sp³-hybridized carbons (Fsp3) is 0.235. The molecule has 4 nitrogen and oxygen atoms in total. The normalized spacial score (nSPS) is 12.8. The molecule has 22 heavy (non-hydrogen) atoms. The van der Waals surface area contributed by atoms with Gasteiger partial charge < -0.3 is 16.0 Å². The van der Waals surface area contributed by atoms with Gasteiger partial charge in [-0.1, -0.05) is 23.8 Å². The maximum absolute atomic E-state index is 12.0. The minimum atomic E-state index is -0.215. The van der Waals surface area contributed by atoms with Crippen LogP contribution in [0.4, 0.5) is 16.2 Å². The highest BCUT2D eigenvalue weighted by Gasteiger charge is 2.10. The number of carbonyl (C=O) groups excluding carboxylic acids is 1. The number of nitrogens with one attached hydrogen (secondary N) is 3. The van der Waals surface area contributed by atoms with Crippen molar-refractivity contribution in [3.63, 3.8) is 0 Å². The van der Waals surface area contributed by atoms with Gasteiger partial charge in [0, 0.05) is 17.9 Å². The Hall–Kier alpha value is -2.04. The molecule has 3 rings (SSSR count). The third-order valence-electron chi connectivity index (χ3n) is 3.66. The predicted molar refractivity (Wildman–Crippen MR) is 92.9 cm³/mol. The summed E-state index contributed by atoms with van der Waals surface area (Å²) >= 11 is 0. The van der Waals surface area contributed by atoms with E-state index >= 15 is 0 Å². The van der Waals surface area contributed by atoms with Gasteiger partial charge in [-0.25, -0.2) is 4.79 Å². The Morgan fingerprint density at radius 1 is 1.00 bits per heavy atom. The van der Waals surface area contributed by atoms with Gasteiger partial charge in [0.05, 0.1) is 0 Å². The molecule has 0 bridgehead atoms. The van der Waals surface area contributed by atoms with Gasteiger partial charge >= 0.3 is 6.03 Å². The van der Waals surface area contributed by atoms with Crippen LogP contribution in [0.1, 0.15) is 16.7 Å². The lowest BCUT2D eigenvalue weighted by Crippen LogP contribution is -2.24. The van der Waals surface area contributed by atoms with Gasteiger partial charge in [0.1, 0.15) is 0 Å². The Morgan fingerprint density at radius 3 is 2.45 bits per heavy atom. The largest absolute Gasteiger partial charge is 0.323 e. The Balaban J connectivity index is 0.00000176. The summed E-state index contributed by atoms with van der Waals surface area (Å²) in [7, 11) is 0. The van der Waals surface area contributed by atoms with E-state index in [9.17, 15) is 4.79 Å². The van der Waals surface area contributed by atoms with Gasteiger partial charge in [-0.3, -0.25) is 0 Å². The minimum absolute atomic E-state index is 0. The first kappa shape index (κ1) is 16.3. The second-order valence-electron chi connectivity index (χ2n) is 5.36. The van der Waals surface area contributed by atoms with Crippen LogP contribution in [-0.2, 0) is 13.0 Å². The molecular formula is C17H20ClN3O. The molecule has 1 aliphatic rings. The molecule has 0 unspecified atom stereocenters. The Labute approximate surface area is 136 Å². The zero-order chi connectivity index (χ0) is 14.7. The van der Waals surface area contributed by atoms with Crippen molar-refractivity contribution in [2.45, 2.75) is 19.9 Å². The van der Waals surface area contributed by atoms with Crippen LogP contribution in [0.2, 0.25) is 0 Å². The number of carbonyl (C=O) groups is 1. The van der Waals surface area contributed by atoms with Crippen LogP contribution in [0.5, 0.6) is 0 Å². The average Bonchev–Trinajstić information content (AvgIpc) is 2.49. The maximum atomic E-state index is 12.0. The molecule has 116 valence electrons. The number of halogens is 1. The first-order chi connectivity index (χ1) is 10.2. The standard InChI is InChI=1S/C17H19N3O.ClH/c1-12-2-5-15(6-3-12)19-17(21)20-16-7-4-14-11-18-9-8-13(14)10-16;/h2-7,10,18H,8-9,11H2,1H3,(H2,19,20,21);1H. The van der Waals surface area contributed by atoms with Crippen LogP contribution in [0.3, 0.4) is 0 Å². The van der Waals surface area contributed by atoms with E-state index in [1.54, 1.807) is 0 Å². The first-order valence-corrected chi connectivity index (χ1v) is 7.18. The van der Waals surface area contributed by atoms with Gasteiger partial charge in [0.25, 0.3) is 0 Å². The average molecular weight is 318 g/mol. The van der Waals surface area contributed by atoms with Gasteiger partial charge in [0.15, 0.2) is 0 Å². The lowest BCUT2D eigenvalue weighted by molar-refractivity contribution is 0.262. The lowest BCUT2D eigenvalue weighted by atomic mass is 10.0. The van der Waals surface area contributed by atoms with Crippen molar-refractivity contribution in [2.75, 3.05) is 17.2 Å². The molecule has 3 N–H and O–H groups in total. The summed E-state index contributed by atoms with van der Waals surface area (Å²) in [6.07, 6.45) is 1.00. The van der Waals surface area contributed by atoms with Crippen LogP contribution in [-0.4, -0.2) is 12.6 Å². The number of urea groups is 1. The summed E-state index contributed by atoms with van der Waals surface area (Å²) in [6, 6.07) is 13.6. The number of aryl methyl sites for hydroxylation is 1. The number of fused-ring (bicyclic) bond motifs is 1.